The van der Waals surface area contributed by atoms with Crippen LogP contribution < -0.4 is 0 Å². The summed E-state index contributed by atoms with van der Waals surface area (Å²) in [5.41, 5.74) is 1.87. The molecular formula is C9H8O5. The van der Waals surface area contributed by atoms with Crippen molar-refractivity contribution in [3.8, 4) is 0 Å². The highest BCUT2D eigenvalue weighted by molar-refractivity contribution is 5.90. The molecule has 0 heterocycles. The number of hydrogen-bond acceptors (Lipinski definition) is 5. The maximum absolute atomic E-state index is 10.9. The molecule has 5 nitrogen and oxygen atoms in total. The van der Waals surface area contributed by atoms with E-state index in [4.69, 9.17) is 0 Å². The van der Waals surface area contributed by atoms with Gasteiger partial charge >= 0.3 is 11.9 Å². The Bertz CT molecular complexity index is 353. The second kappa shape index (κ2) is 5.54. The van der Waals surface area contributed by atoms with Gasteiger partial charge in [0.1, 0.15) is 0 Å². The Morgan fingerprint density at radius 3 is 2.07 bits per heavy atom. The highest BCUT2D eigenvalue weighted by Crippen LogP contribution is 1.97. The third-order valence-corrected chi connectivity index (χ3v) is 1.09. The molecule has 0 N–H and O–H groups in total. The zero-order chi connectivity index (χ0) is 11.1. The van der Waals surface area contributed by atoms with E-state index in [-0.39, 0.29) is 11.1 Å². The van der Waals surface area contributed by atoms with Crippen LogP contribution in [0, 0.1) is 0 Å². The summed E-state index contributed by atoms with van der Waals surface area (Å²) in [5, 5.41) is 0. The molecule has 0 aromatic heterocycles. The van der Waals surface area contributed by atoms with Crippen molar-refractivity contribution in [3.05, 3.63) is 23.5 Å². The van der Waals surface area contributed by atoms with Gasteiger partial charge in [0.25, 0.3) is 0 Å². The lowest BCUT2D eigenvalue weighted by atomic mass is 10.3. The van der Waals surface area contributed by atoms with Crippen LogP contribution in [0.5, 0.6) is 0 Å². The Hall–Kier alpha value is -2.09. The van der Waals surface area contributed by atoms with Crippen molar-refractivity contribution in [2.75, 3.05) is 0 Å². The van der Waals surface area contributed by atoms with Crippen LogP contribution in [0.25, 0.3) is 0 Å². The molecule has 0 saturated heterocycles. The molecule has 0 fully saturated rings. The molecule has 0 aromatic carbocycles. The normalized spacial score (nSPS) is 7.86. The molecule has 0 spiro atoms. The molecule has 14 heavy (non-hydrogen) atoms. The molecule has 0 bridgehead atoms. The van der Waals surface area contributed by atoms with Crippen LogP contribution in [0.2, 0.25) is 0 Å². The van der Waals surface area contributed by atoms with E-state index in [9.17, 15) is 14.4 Å². The SMILES string of the molecule is C=C(C)C(=O)OOC(=O)C(C)=C=C=O. The predicted octanol–water partition coefficient (Wildman–Crippen LogP) is 0.497. The first-order chi connectivity index (χ1) is 6.49. The summed E-state index contributed by atoms with van der Waals surface area (Å²) in [7, 11) is 0. The number of carbonyl (C=O) groups excluding carboxylic acids is 3. The summed E-state index contributed by atoms with van der Waals surface area (Å²) in [6.45, 7) is 5.92. The maximum Gasteiger partial charge on any atom is 0.390 e. The van der Waals surface area contributed by atoms with Gasteiger partial charge < -0.3 is 0 Å². The van der Waals surface area contributed by atoms with Gasteiger partial charge in [-0.25, -0.2) is 24.2 Å². The molecule has 0 aliphatic carbocycles. The Kier molecular flexibility index (Phi) is 4.71. The van der Waals surface area contributed by atoms with Gasteiger partial charge in [-0.3, -0.25) is 0 Å². The molecule has 0 radical (unpaired) electrons. The first-order valence-electron chi connectivity index (χ1n) is 3.54. The monoisotopic (exact) mass is 196 g/mol. The van der Waals surface area contributed by atoms with Crippen LogP contribution in [0.15, 0.2) is 23.5 Å². The lowest BCUT2D eigenvalue weighted by Gasteiger charge is -2.00. The summed E-state index contributed by atoms with van der Waals surface area (Å²) in [4.78, 5) is 39.5. The van der Waals surface area contributed by atoms with Crippen LogP contribution in [-0.2, 0) is 24.2 Å². The first-order valence-corrected chi connectivity index (χ1v) is 3.54. The van der Waals surface area contributed by atoms with Gasteiger partial charge in [0.05, 0.1) is 5.57 Å². The third-order valence-electron chi connectivity index (χ3n) is 1.09. The molecule has 0 atom stereocenters. The third kappa shape index (κ3) is 4.07. The van der Waals surface area contributed by atoms with E-state index in [0.29, 0.717) is 0 Å². The fourth-order valence-corrected chi connectivity index (χ4v) is 0.337. The van der Waals surface area contributed by atoms with Gasteiger partial charge in [-0.15, -0.1) is 0 Å². The van der Waals surface area contributed by atoms with Crippen molar-refractivity contribution < 1.29 is 24.2 Å². The zero-order valence-corrected chi connectivity index (χ0v) is 7.75. The smallest absolute Gasteiger partial charge is 0.242 e. The zero-order valence-electron chi connectivity index (χ0n) is 7.75. The van der Waals surface area contributed by atoms with Crippen molar-refractivity contribution in [1.29, 1.82) is 0 Å². The summed E-state index contributed by atoms with van der Waals surface area (Å²) in [6, 6.07) is 0. The van der Waals surface area contributed by atoms with E-state index in [1.165, 1.54) is 19.8 Å². The molecule has 74 valence electrons. The van der Waals surface area contributed by atoms with E-state index in [2.05, 4.69) is 16.4 Å². The van der Waals surface area contributed by atoms with Crippen molar-refractivity contribution in [3.63, 3.8) is 0 Å². The van der Waals surface area contributed by atoms with E-state index in [0.717, 1.165) is 0 Å². The summed E-state index contributed by atoms with van der Waals surface area (Å²) in [6.07, 6.45) is 0. The van der Waals surface area contributed by atoms with E-state index in [1.807, 2.05) is 5.73 Å². The predicted molar refractivity (Wildman–Crippen MR) is 45.4 cm³/mol. The van der Waals surface area contributed by atoms with Crippen LogP contribution >= 0.6 is 0 Å². The lowest BCUT2D eigenvalue weighted by molar-refractivity contribution is -0.252. The first kappa shape index (κ1) is 11.9. The van der Waals surface area contributed by atoms with E-state index < -0.39 is 11.9 Å². The lowest BCUT2D eigenvalue weighted by Crippen LogP contribution is -2.11. The molecule has 0 amide bonds. The fourth-order valence-electron chi connectivity index (χ4n) is 0.337. The summed E-state index contributed by atoms with van der Waals surface area (Å²) in [5.74, 6) is -0.580. The highest BCUT2D eigenvalue weighted by Gasteiger charge is 2.11. The quantitative estimate of drug-likeness (QED) is 0.211. The fraction of sp³-hybridized carbons (Fsp3) is 0.222. The van der Waals surface area contributed by atoms with Crippen LogP contribution in [0.4, 0.5) is 0 Å². The van der Waals surface area contributed by atoms with Gasteiger partial charge in [0.2, 0.25) is 0 Å². The Labute approximate surface area is 80.2 Å². The van der Waals surface area contributed by atoms with Gasteiger partial charge in [-0.1, -0.05) is 6.58 Å². The minimum Gasteiger partial charge on any atom is -0.242 e. The average Bonchev–Trinajstić information content (AvgIpc) is 2.13. The summed E-state index contributed by atoms with van der Waals surface area (Å²) < 4.78 is 0. The maximum atomic E-state index is 10.9. The van der Waals surface area contributed by atoms with Crippen LogP contribution in [-0.4, -0.2) is 17.9 Å². The van der Waals surface area contributed by atoms with Crippen molar-refractivity contribution in [2.45, 2.75) is 13.8 Å². The minimum atomic E-state index is -0.983. The summed E-state index contributed by atoms with van der Waals surface area (Å²) >= 11 is 0. The van der Waals surface area contributed by atoms with Gasteiger partial charge in [-0.2, -0.15) is 0 Å². The molecule has 0 aliphatic rings. The number of hydrogen-bond donors (Lipinski definition) is 0. The molecule has 5 heteroatoms. The average molecular weight is 196 g/mol. The topological polar surface area (TPSA) is 69.7 Å². The standard InChI is InChI=1S/C9H8O5/c1-6(2)8(11)13-14-9(12)7(3)4-5-10/h1H2,2-3H3. The van der Waals surface area contributed by atoms with Crippen LogP contribution in [0.1, 0.15) is 13.8 Å². The van der Waals surface area contributed by atoms with Crippen molar-refractivity contribution in [1.82, 2.24) is 0 Å². The van der Waals surface area contributed by atoms with Crippen molar-refractivity contribution in [2.24, 2.45) is 0 Å². The second-order valence-electron chi connectivity index (χ2n) is 2.37. The van der Waals surface area contributed by atoms with E-state index in [1.54, 1.807) is 0 Å². The van der Waals surface area contributed by atoms with Crippen molar-refractivity contribution >= 4 is 17.9 Å². The van der Waals surface area contributed by atoms with Gasteiger partial charge in [0.15, 0.2) is 5.94 Å². The largest absolute Gasteiger partial charge is 0.390 e. The number of carbonyl (C=O) groups is 2. The highest BCUT2D eigenvalue weighted by atomic mass is 17.2. The van der Waals surface area contributed by atoms with Gasteiger partial charge in [0, 0.05) is 5.57 Å². The number of rotatable bonds is 2. The molecule has 0 aromatic rings. The van der Waals surface area contributed by atoms with Gasteiger partial charge in [-0.05, 0) is 19.6 Å². The Morgan fingerprint density at radius 2 is 1.64 bits per heavy atom. The molecular weight excluding hydrogens is 188 g/mol. The second-order valence-corrected chi connectivity index (χ2v) is 2.37. The van der Waals surface area contributed by atoms with E-state index >= 15 is 0 Å². The minimum absolute atomic E-state index is 0.0883. The molecule has 0 aliphatic heterocycles. The molecule has 0 unspecified atom stereocenters. The Balaban J connectivity index is 4.24. The Morgan fingerprint density at radius 1 is 1.14 bits per heavy atom. The molecule has 0 saturated carbocycles. The van der Waals surface area contributed by atoms with Crippen LogP contribution in [0.3, 0.4) is 0 Å². The molecule has 0 rings (SSSR count).